The van der Waals surface area contributed by atoms with Gasteiger partial charge in [-0.15, -0.1) is 0 Å². The van der Waals surface area contributed by atoms with Gasteiger partial charge >= 0.3 is 0 Å². The van der Waals surface area contributed by atoms with Crippen LogP contribution in [0.3, 0.4) is 0 Å². The largest absolute Gasteiger partial charge is 0.396 e. The van der Waals surface area contributed by atoms with Crippen LogP contribution in [0.15, 0.2) is 18.5 Å². The van der Waals surface area contributed by atoms with Gasteiger partial charge in [0.25, 0.3) is 0 Å². The molecule has 0 aromatic carbocycles. The Kier molecular flexibility index (Phi) is 3.71. The van der Waals surface area contributed by atoms with Crippen molar-refractivity contribution in [3.63, 3.8) is 0 Å². The van der Waals surface area contributed by atoms with Gasteiger partial charge in [0.1, 0.15) is 0 Å². The van der Waals surface area contributed by atoms with Gasteiger partial charge in [0.05, 0.1) is 23.7 Å². The van der Waals surface area contributed by atoms with Gasteiger partial charge in [0, 0.05) is 12.2 Å². The molecule has 1 aromatic rings. The van der Waals surface area contributed by atoms with Crippen LogP contribution in [0.1, 0.15) is 20.3 Å². The smallest absolute Gasteiger partial charge is 0.0736 e. The maximum absolute atomic E-state index is 9.56. The fourth-order valence-corrected chi connectivity index (χ4v) is 1.23. The Morgan fingerprint density at radius 1 is 1.64 bits per heavy atom. The molecule has 1 heterocycles. The molecule has 0 saturated carbocycles. The minimum Gasteiger partial charge on any atom is -0.396 e. The normalized spacial score (nSPS) is 14.8. The van der Waals surface area contributed by atoms with Crippen molar-refractivity contribution in [3.8, 4) is 0 Å². The summed E-state index contributed by atoms with van der Waals surface area (Å²) in [6.45, 7) is 3.87. The van der Waals surface area contributed by atoms with E-state index in [0.29, 0.717) is 5.69 Å². The molecule has 0 fully saturated rings. The van der Waals surface area contributed by atoms with Gasteiger partial charge < -0.3 is 16.2 Å². The number of nitrogen functional groups attached to an aromatic ring is 1. The van der Waals surface area contributed by atoms with E-state index >= 15 is 0 Å². The summed E-state index contributed by atoms with van der Waals surface area (Å²) in [5.74, 6) is 0. The van der Waals surface area contributed by atoms with Crippen molar-refractivity contribution in [2.45, 2.75) is 32.4 Å². The summed E-state index contributed by atoms with van der Waals surface area (Å²) in [5.41, 5.74) is 7.12. The molecular formula is C10H17N3O. The first-order valence-corrected chi connectivity index (χ1v) is 4.79. The van der Waals surface area contributed by atoms with Crippen molar-refractivity contribution in [1.82, 2.24) is 4.98 Å². The van der Waals surface area contributed by atoms with Crippen LogP contribution in [-0.4, -0.2) is 22.2 Å². The van der Waals surface area contributed by atoms with E-state index in [9.17, 15) is 5.11 Å². The Labute approximate surface area is 84.2 Å². The summed E-state index contributed by atoms with van der Waals surface area (Å²) in [4.78, 5) is 3.89. The topological polar surface area (TPSA) is 71.2 Å². The van der Waals surface area contributed by atoms with E-state index in [1.54, 1.807) is 18.5 Å². The predicted octanol–water partition coefficient (Wildman–Crippen LogP) is 1.24. The van der Waals surface area contributed by atoms with Crippen LogP contribution >= 0.6 is 0 Å². The van der Waals surface area contributed by atoms with Crippen molar-refractivity contribution in [2.75, 3.05) is 11.1 Å². The van der Waals surface area contributed by atoms with Crippen LogP contribution in [0.2, 0.25) is 0 Å². The van der Waals surface area contributed by atoms with Gasteiger partial charge in [0.2, 0.25) is 0 Å². The molecule has 78 valence electrons. The van der Waals surface area contributed by atoms with Crippen molar-refractivity contribution >= 4 is 11.4 Å². The molecule has 2 atom stereocenters. The second-order valence-electron chi connectivity index (χ2n) is 3.37. The fraction of sp³-hybridized carbons (Fsp3) is 0.500. The van der Waals surface area contributed by atoms with Crippen LogP contribution in [0.25, 0.3) is 0 Å². The highest BCUT2D eigenvalue weighted by Crippen LogP contribution is 2.17. The second kappa shape index (κ2) is 4.81. The van der Waals surface area contributed by atoms with Crippen molar-refractivity contribution in [3.05, 3.63) is 18.5 Å². The zero-order valence-corrected chi connectivity index (χ0v) is 8.57. The zero-order chi connectivity index (χ0) is 10.6. The van der Waals surface area contributed by atoms with Gasteiger partial charge in [-0.25, -0.2) is 0 Å². The zero-order valence-electron chi connectivity index (χ0n) is 8.57. The molecule has 4 heteroatoms. The first kappa shape index (κ1) is 10.8. The number of nitrogens with one attached hydrogen (secondary N) is 1. The number of aromatic nitrogens is 1. The molecule has 0 spiro atoms. The summed E-state index contributed by atoms with van der Waals surface area (Å²) < 4.78 is 0. The molecule has 0 aliphatic rings. The van der Waals surface area contributed by atoms with Gasteiger partial charge in [-0.3, -0.25) is 4.98 Å². The average Bonchev–Trinajstić information content (AvgIpc) is 2.20. The van der Waals surface area contributed by atoms with Gasteiger partial charge in [-0.2, -0.15) is 0 Å². The lowest BCUT2D eigenvalue weighted by Crippen LogP contribution is -2.30. The lowest BCUT2D eigenvalue weighted by Gasteiger charge is -2.20. The molecule has 0 saturated heterocycles. The van der Waals surface area contributed by atoms with E-state index < -0.39 is 0 Å². The highest BCUT2D eigenvalue weighted by Gasteiger charge is 2.12. The summed E-state index contributed by atoms with van der Waals surface area (Å²) >= 11 is 0. The molecular weight excluding hydrogens is 178 g/mol. The lowest BCUT2D eigenvalue weighted by molar-refractivity contribution is 0.154. The predicted molar refractivity (Wildman–Crippen MR) is 58.0 cm³/mol. The molecule has 0 aliphatic carbocycles. The third-order valence-electron chi connectivity index (χ3n) is 2.23. The van der Waals surface area contributed by atoms with Crippen LogP contribution in [0.5, 0.6) is 0 Å². The van der Waals surface area contributed by atoms with E-state index in [4.69, 9.17) is 5.73 Å². The van der Waals surface area contributed by atoms with Crippen LogP contribution in [0.4, 0.5) is 11.4 Å². The van der Waals surface area contributed by atoms with Crippen LogP contribution < -0.4 is 11.1 Å². The highest BCUT2D eigenvalue weighted by atomic mass is 16.3. The molecule has 2 unspecified atom stereocenters. The maximum Gasteiger partial charge on any atom is 0.0736 e. The molecule has 4 nitrogen and oxygen atoms in total. The number of hydrogen-bond donors (Lipinski definition) is 3. The molecule has 0 amide bonds. The monoisotopic (exact) mass is 195 g/mol. The third-order valence-corrected chi connectivity index (χ3v) is 2.23. The Morgan fingerprint density at radius 2 is 2.36 bits per heavy atom. The Balaban J connectivity index is 2.64. The molecule has 0 radical (unpaired) electrons. The van der Waals surface area contributed by atoms with Gasteiger partial charge in [0.15, 0.2) is 0 Å². The second-order valence-corrected chi connectivity index (χ2v) is 3.37. The minimum absolute atomic E-state index is 0.00954. The molecule has 0 bridgehead atoms. The lowest BCUT2D eigenvalue weighted by atomic mass is 10.1. The first-order valence-electron chi connectivity index (χ1n) is 4.79. The quantitative estimate of drug-likeness (QED) is 0.676. The number of aliphatic hydroxyl groups excluding tert-OH is 1. The number of anilines is 2. The summed E-state index contributed by atoms with van der Waals surface area (Å²) in [7, 11) is 0. The van der Waals surface area contributed by atoms with Crippen LogP contribution in [-0.2, 0) is 0 Å². The molecule has 14 heavy (non-hydrogen) atoms. The van der Waals surface area contributed by atoms with E-state index in [2.05, 4.69) is 10.3 Å². The summed E-state index contributed by atoms with van der Waals surface area (Å²) in [5, 5.41) is 12.7. The van der Waals surface area contributed by atoms with Gasteiger partial charge in [-0.05, 0) is 19.4 Å². The number of hydrogen-bond acceptors (Lipinski definition) is 4. The van der Waals surface area contributed by atoms with E-state index in [1.165, 1.54) is 0 Å². The Bertz CT molecular complexity index is 290. The number of aliphatic hydroxyl groups is 1. The number of rotatable bonds is 4. The van der Waals surface area contributed by atoms with Gasteiger partial charge in [-0.1, -0.05) is 6.92 Å². The SMILES string of the molecule is CCC(O)C(C)Nc1ccncc1N. The van der Waals surface area contributed by atoms with E-state index in [0.717, 1.165) is 12.1 Å². The van der Waals surface area contributed by atoms with Crippen molar-refractivity contribution < 1.29 is 5.11 Å². The highest BCUT2D eigenvalue weighted by molar-refractivity contribution is 5.64. The average molecular weight is 195 g/mol. The minimum atomic E-state index is -0.359. The molecule has 4 N–H and O–H groups in total. The number of nitrogens with two attached hydrogens (primary N) is 1. The Hall–Kier alpha value is -1.29. The first-order chi connectivity index (χ1) is 6.65. The molecule has 0 aliphatic heterocycles. The molecule has 1 rings (SSSR count). The molecule has 1 aromatic heterocycles. The van der Waals surface area contributed by atoms with Crippen molar-refractivity contribution in [2.24, 2.45) is 0 Å². The van der Waals surface area contributed by atoms with E-state index in [-0.39, 0.29) is 12.1 Å². The summed E-state index contributed by atoms with van der Waals surface area (Å²) in [6, 6.07) is 1.79. The third kappa shape index (κ3) is 2.60. The Morgan fingerprint density at radius 3 is 2.93 bits per heavy atom. The van der Waals surface area contributed by atoms with E-state index in [1.807, 2.05) is 13.8 Å². The number of nitrogens with zero attached hydrogens (tertiary/aromatic N) is 1. The standard InChI is InChI=1S/C10H17N3O/c1-3-10(14)7(2)13-9-4-5-12-6-8(9)11/h4-7,10,14H,3,11H2,1-2H3,(H,12,13). The maximum atomic E-state index is 9.56. The number of pyridine rings is 1. The van der Waals surface area contributed by atoms with Crippen LogP contribution in [0, 0.1) is 0 Å². The fourth-order valence-electron chi connectivity index (χ4n) is 1.23. The summed E-state index contributed by atoms with van der Waals surface area (Å²) in [6.07, 6.45) is 3.62. The van der Waals surface area contributed by atoms with Crippen molar-refractivity contribution in [1.29, 1.82) is 0 Å².